The fourth-order valence-electron chi connectivity index (χ4n) is 1.93. The van der Waals surface area contributed by atoms with Crippen molar-refractivity contribution in [2.45, 2.75) is 6.42 Å². The molecule has 1 aromatic heterocycles. The number of aromatic nitrogens is 1. The first kappa shape index (κ1) is 11.4. The number of nitrogens with one attached hydrogen (secondary N) is 1. The van der Waals surface area contributed by atoms with Gasteiger partial charge in [0.25, 0.3) is 0 Å². The Morgan fingerprint density at radius 3 is 2.71 bits per heavy atom. The van der Waals surface area contributed by atoms with Gasteiger partial charge in [-0.2, -0.15) is 5.26 Å². The van der Waals surface area contributed by atoms with Crippen LogP contribution < -0.4 is 4.90 Å². The molecule has 0 spiro atoms. The minimum absolute atomic E-state index is 0.198. The van der Waals surface area contributed by atoms with E-state index < -0.39 is 0 Å². The van der Waals surface area contributed by atoms with Gasteiger partial charge in [-0.05, 0) is 12.1 Å². The summed E-state index contributed by atoms with van der Waals surface area (Å²) in [6, 6.07) is 7.90. The molecule has 5 nitrogen and oxygen atoms in total. The minimum atomic E-state index is 0.198. The summed E-state index contributed by atoms with van der Waals surface area (Å²) < 4.78 is 0. The third kappa shape index (κ3) is 2.72. The van der Waals surface area contributed by atoms with Gasteiger partial charge in [-0.3, -0.25) is 5.41 Å². The predicted octanol–water partition coefficient (Wildman–Crippen LogP) is 1.09. The fraction of sp³-hybridized carbons (Fsp3) is 0.417. The van der Waals surface area contributed by atoms with E-state index in [2.05, 4.69) is 9.88 Å². The van der Waals surface area contributed by atoms with Crippen LogP contribution in [-0.4, -0.2) is 41.9 Å². The van der Waals surface area contributed by atoms with Crippen LogP contribution in [0, 0.1) is 16.7 Å². The number of amidine groups is 1. The second-order valence-electron chi connectivity index (χ2n) is 3.94. The molecule has 0 saturated carbocycles. The molecule has 1 aromatic rings. The van der Waals surface area contributed by atoms with Crippen LogP contribution in [0.1, 0.15) is 6.42 Å². The van der Waals surface area contributed by atoms with E-state index in [0.717, 1.165) is 32.0 Å². The summed E-state index contributed by atoms with van der Waals surface area (Å²) >= 11 is 0. The lowest BCUT2D eigenvalue weighted by atomic mass is 10.2. The van der Waals surface area contributed by atoms with Crippen molar-refractivity contribution in [1.29, 1.82) is 10.7 Å². The van der Waals surface area contributed by atoms with E-state index in [-0.39, 0.29) is 6.42 Å². The van der Waals surface area contributed by atoms with Crippen LogP contribution in [0.4, 0.5) is 5.82 Å². The number of nitrogens with zero attached hydrogens (tertiary/aromatic N) is 4. The molecule has 2 rings (SSSR count). The van der Waals surface area contributed by atoms with E-state index in [1.54, 1.807) is 6.20 Å². The number of hydrogen-bond acceptors (Lipinski definition) is 4. The molecule has 1 fully saturated rings. The number of pyridine rings is 1. The van der Waals surface area contributed by atoms with Crippen LogP contribution in [0.15, 0.2) is 24.4 Å². The smallest absolute Gasteiger partial charge is 0.128 e. The summed E-state index contributed by atoms with van der Waals surface area (Å²) in [6.07, 6.45) is 1.99. The van der Waals surface area contributed by atoms with Crippen molar-refractivity contribution >= 4 is 11.7 Å². The van der Waals surface area contributed by atoms with Crippen molar-refractivity contribution in [3.63, 3.8) is 0 Å². The van der Waals surface area contributed by atoms with Gasteiger partial charge in [0.2, 0.25) is 0 Å². The monoisotopic (exact) mass is 229 g/mol. The van der Waals surface area contributed by atoms with Crippen molar-refractivity contribution in [3.8, 4) is 6.07 Å². The first-order valence-electron chi connectivity index (χ1n) is 5.66. The zero-order valence-corrected chi connectivity index (χ0v) is 9.63. The lowest BCUT2D eigenvalue weighted by molar-refractivity contribution is 0.378. The van der Waals surface area contributed by atoms with Crippen LogP contribution >= 0.6 is 0 Å². The highest BCUT2D eigenvalue weighted by molar-refractivity contribution is 5.81. The molecule has 1 aliphatic heterocycles. The number of piperazine rings is 1. The van der Waals surface area contributed by atoms with Crippen LogP contribution in [0.5, 0.6) is 0 Å². The van der Waals surface area contributed by atoms with Crippen LogP contribution in [0.2, 0.25) is 0 Å². The molecule has 0 amide bonds. The fourth-order valence-corrected chi connectivity index (χ4v) is 1.93. The molecule has 2 heterocycles. The molecule has 0 aliphatic carbocycles. The summed E-state index contributed by atoms with van der Waals surface area (Å²) in [7, 11) is 0. The van der Waals surface area contributed by atoms with Gasteiger partial charge >= 0.3 is 0 Å². The molecule has 0 radical (unpaired) electrons. The third-order valence-electron chi connectivity index (χ3n) is 2.88. The lowest BCUT2D eigenvalue weighted by Crippen LogP contribution is -2.48. The quantitative estimate of drug-likeness (QED) is 0.609. The van der Waals surface area contributed by atoms with Gasteiger partial charge in [0.15, 0.2) is 0 Å². The molecule has 88 valence electrons. The van der Waals surface area contributed by atoms with Gasteiger partial charge in [-0.15, -0.1) is 0 Å². The number of anilines is 1. The molecule has 0 aromatic carbocycles. The summed E-state index contributed by atoms with van der Waals surface area (Å²) in [5, 5.41) is 16.3. The highest BCUT2D eigenvalue weighted by atomic mass is 15.3. The largest absolute Gasteiger partial charge is 0.356 e. The SMILES string of the molecule is N#CCC(=N)N1CCN(c2ccccn2)CC1. The molecule has 1 aliphatic rings. The molecule has 17 heavy (non-hydrogen) atoms. The Balaban J connectivity index is 1.91. The molecular formula is C12H15N5. The van der Waals surface area contributed by atoms with Crippen molar-refractivity contribution in [1.82, 2.24) is 9.88 Å². The highest BCUT2D eigenvalue weighted by Gasteiger charge is 2.19. The average Bonchev–Trinajstić information content (AvgIpc) is 2.40. The summed E-state index contributed by atoms with van der Waals surface area (Å²) in [4.78, 5) is 8.48. The number of rotatable bonds is 2. The van der Waals surface area contributed by atoms with Gasteiger partial charge in [0.05, 0.1) is 12.5 Å². The topological polar surface area (TPSA) is 67.0 Å². The van der Waals surface area contributed by atoms with Crippen LogP contribution in [0.25, 0.3) is 0 Å². The standard InChI is InChI=1S/C12H15N5/c13-5-4-11(14)16-7-9-17(10-8-16)12-3-1-2-6-15-12/h1-3,6,14H,4,7-10H2. The Bertz CT molecular complexity index is 414. The number of hydrogen-bond donors (Lipinski definition) is 1. The maximum atomic E-state index is 8.56. The Kier molecular flexibility index (Phi) is 3.55. The molecule has 5 heteroatoms. The Hall–Kier alpha value is -2.09. The molecule has 0 bridgehead atoms. The molecule has 1 saturated heterocycles. The van der Waals surface area contributed by atoms with Crippen molar-refractivity contribution < 1.29 is 0 Å². The molecular weight excluding hydrogens is 214 g/mol. The zero-order valence-electron chi connectivity index (χ0n) is 9.63. The lowest BCUT2D eigenvalue weighted by Gasteiger charge is -2.36. The maximum Gasteiger partial charge on any atom is 0.128 e. The minimum Gasteiger partial charge on any atom is -0.356 e. The summed E-state index contributed by atoms with van der Waals surface area (Å²) in [6.45, 7) is 3.28. The van der Waals surface area contributed by atoms with E-state index >= 15 is 0 Å². The van der Waals surface area contributed by atoms with Crippen molar-refractivity contribution in [3.05, 3.63) is 24.4 Å². The highest BCUT2D eigenvalue weighted by Crippen LogP contribution is 2.12. The van der Waals surface area contributed by atoms with Crippen molar-refractivity contribution in [2.24, 2.45) is 0 Å². The van der Waals surface area contributed by atoms with E-state index in [4.69, 9.17) is 10.7 Å². The summed E-state index contributed by atoms with van der Waals surface area (Å²) in [5.41, 5.74) is 0. The van der Waals surface area contributed by atoms with Crippen LogP contribution in [-0.2, 0) is 0 Å². The summed E-state index contributed by atoms with van der Waals surface area (Å²) in [5.74, 6) is 1.41. The molecule has 0 atom stereocenters. The number of nitriles is 1. The maximum absolute atomic E-state index is 8.56. The van der Waals surface area contributed by atoms with E-state index in [0.29, 0.717) is 5.84 Å². The first-order chi connectivity index (χ1) is 8.31. The van der Waals surface area contributed by atoms with Gasteiger partial charge < -0.3 is 9.80 Å². The first-order valence-corrected chi connectivity index (χ1v) is 5.66. The van der Waals surface area contributed by atoms with Crippen molar-refractivity contribution in [2.75, 3.05) is 31.1 Å². The van der Waals surface area contributed by atoms with Crippen LogP contribution in [0.3, 0.4) is 0 Å². The average molecular weight is 229 g/mol. The second-order valence-corrected chi connectivity index (χ2v) is 3.94. The van der Waals surface area contributed by atoms with E-state index in [1.807, 2.05) is 29.2 Å². The third-order valence-corrected chi connectivity index (χ3v) is 2.88. The Labute approximate surface area is 101 Å². The van der Waals surface area contributed by atoms with Gasteiger partial charge in [-0.25, -0.2) is 4.98 Å². The predicted molar refractivity (Wildman–Crippen MR) is 66.0 cm³/mol. The van der Waals surface area contributed by atoms with E-state index in [1.165, 1.54) is 0 Å². The zero-order chi connectivity index (χ0) is 12.1. The van der Waals surface area contributed by atoms with Gasteiger partial charge in [-0.1, -0.05) is 6.07 Å². The van der Waals surface area contributed by atoms with E-state index in [9.17, 15) is 0 Å². The molecule has 1 N–H and O–H groups in total. The Morgan fingerprint density at radius 1 is 1.35 bits per heavy atom. The molecule has 0 unspecified atom stereocenters. The normalized spacial score (nSPS) is 15.5. The Morgan fingerprint density at radius 2 is 2.12 bits per heavy atom. The van der Waals surface area contributed by atoms with Gasteiger partial charge in [0, 0.05) is 32.4 Å². The van der Waals surface area contributed by atoms with Gasteiger partial charge in [0.1, 0.15) is 11.7 Å². The second kappa shape index (κ2) is 5.30.